The zero-order chi connectivity index (χ0) is 13.0. The summed E-state index contributed by atoms with van der Waals surface area (Å²) in [4.78, 5) is 21.9. The Labute approximate surface area is 99.0 Å². The fraction of sp³-hybridized carbons (Fsp3) is 0.364. The number of nitrogens with one attached hydrogen (secondary N) is 1. The molecule has 0 aromatic heterocycles. The molecule has 92 valence electrons. The quantitative estimate of drug-likeness (QED) is 0.602. The Balaban J connectivity index is 2.90. The average molecular weight is 237 g/mol. The van der Waals surface area contributed by atoms with Gasteiger partial charge < -0.3 is 11.1 Å². The van der Waals surface area contributed by atoms with Gasteiger partial charge in [0, 0.05) is 29.8 Å². The fourth-order valence-electron chi connectivity index (χ4n) is 1.37. The third kappa shape index (κ3) is 3.25. The van der Waals surface area contributed by atoms with E-state index in [4.69, 9.17) is 5.73 Å². The SMILES string of the molecule is Cc1cc(C(=O)N[C@H](C)CN)ccc1[N+](=O)[O-]. The summed E-state index contributed by atoms with van der Waals surface area (Å²) >= 11 is 0. The van der Waals surface area contributed by atoms with Crippen LogP contribution in [-0.2, 0) is 0 Å². The van der Waals surface area contributed by atoms with Gasteiger partial charge in [0.15, 0.2) is 0 Å². The number of nitrogens with zero attached hydrogens (tertiary/aromatic N) is 1. The molecule has 0 unspecified atom stereocenters. The molecule has 1 atom stereocenters. The Morgan fingerprint density at radius 2 is 2.24 bits per heavy atom. The van der Waals surface area contributed by atoms with Gasteiger partial charge in [-0.1, -0.05) is 0 Å². The van der Waals surface area contributed by atoms with Gasteiger partial charge in [0.05, 0.1) is 4.92 Å². The van der Waals surface area contributed by atoms with Crippen LogP contribution in [0.4, 0.5) is 5.69 Å². The van der Waals surface area contributed by atoms with Crippen molar-refractivity contribution < 1.29 is 9.72 Å². The second kappa shape index (κ2) is 5.40. The zero-order valence-corrected chi connectivity index (χ0v) is 9.77. The van der Waals surface area contributed by atoms with Crippen molar-refractivity contribution in [1.29, 1.82) is 0 Å². The van der Waals surface area contributed by atoms with Crippen molar-refractivity contribution in [3.05, 3.63) is 39.4 Å². The number of carbonyl (C=O) groups excluding carboxylic acids is 1. The number of rotatable bonds is 4. The highest BCUT2D eigenvalue weighted by Gasteiger charge is 2.14. The van der Waals surface area contributed by atoms with Crippen LogP contribution >= 0.6 is 0 Å². The second-order valence-electron chi connectivity index (χ2n) is 3.87. The Morgan fingerprint density at radius 3 is 2.71 bits per heavy atom. The molecule has 0 aliphatic carbocycles. The highest BCUT2D eigenvalue weighted by Crippen LogP contribution is 2.18. The first kappa shape index (κ1) is 13.1. The number of nitro groups is 1. The molecule has 3 N–H and O–H groups in total. The van der Waals surface area contributed by atoms with E-state index in [2.05, 4.69) is 5.32 Å². The van der Waals surface area contributed by atoms with E-state index >= 15 is 0 Å². The lowest BCUT2D eigenvalue weighted by molar-refractivity contribution is -0.385. The summed E-state index contributed by atoms with van der Waals surface area (Å²) in [6, 6.07) is 4.13. The summed E-state index contributed by atoms with van der Waals surface area (Å²) in [6.45, 7) is 3.73. The number of hydrogen-bond donors (Lipinski definition) is 2. The number of nitro benzene ring substituents is 1. The molecule has 1 amide bonds. The molecule has 1 rings (SSSR count). The molecule has 1 aromatic rings. The Kier molecular flexibility index (Phi) is 4.17. The van der Waals surface area contributed by atoms with Crippen LogP contribution in [-0.4, -0.2) is 23.4 Å². The maximum atomic E-state index is 11.7. The number of amides is 1. The summed E-state index contributed by atoms with van der Waals surface area (Å²) in [5.41, 5.74) is 6.25. The van der Waals surface area contributed by atoms with E-state index in [0.29, 0.717) is 17.7 Å². The van der Waals surface area contributed by atoms with Gasteiger partial charge in [-0.3, -0.25) is 14.9 Å². The van der Waals surface area contributed by atoms with Crippen molar-refractivity contribution in [3.8, 4) is 0 Å². The van der Waals surface area contributed by atoms with Crippen LogP contribution in [0.15, 0.2) is 18.2 Å². The van der Waals surface area contributed by atoms with Crippen LogP contribution < -0.4 is 11.1 Å². The molecule has 0 saturated heterocycles. The number of benzene rings is 1. The predicted molar refractivity (Wildman–Crippen MR) is 63.8 cm³/mol. The van der Waals surface area contributed by atoms with Crippen LogP contribution in [0.3, 0.4) is 0 Å². The topological polar surface area (TPSA) is 98.3 Å². The van der Waals surface area contributed by atoms with Gasteiger partial charge in [0.1, 0.15) is 0 Å². The first-order valence-corrected chi connectivity index (χ1v) is 5.21. The zero-order valence-electron chi connectivity index (χ0n) is 9.77. The fourth-order valence-corrected chi connectivity index (χ4v) is 1.37. The standard InChI is InChI=1S/C11H15N3O3/c1-7-5-9(3-4-10(7)14(16)17)11(15)13-8(2)6-12/h3-5,8H,6,12H2,1-2H3,(H,13,15)/t8-/m1/s1. The molecule has 6 heteroatoms. The van der Waals surface area contributed by atoms with E-state index in [-0.39, 0.29) is 17.6 Å². The van der Waals surface area contributed by atoms with E-state index in [1.54, 1.807) is 13.8 Å². The van der Waals surface area contributed by atoms with Crippen LogP contribution in [0.25, 0.3) is 0 Å². The molecule has 0 heterocycles. The van der Waals surface area contributed by atoms with Gasteiger partial charge in [-0.25, -0.2) is 0 Å². The molecule has 6 nitrogen and oxygen atoms in total. The van der Waals surface area contributed by atoms with E-state index in [1.807, 2.05) is 0 Å². The molecule has 0 saturated carbocycles. The van der Waals surface area contributed by atoms with E-state index in [0.717, 1.165) is 0 Å². The van der Waals surface area contributed by atoms with Crippen LogP contribution in [0.5, 0.6) is 0 Å². The summed E-state index contributed by atoms with van der Waals surface area (Å²) in [6.07, 6.45) is 0. The molecular formula is C11H15N3O3. The third-order valence-electron chi connectivity index (χ3n) is 2.39. The van der Waals surface area contributed by atoms with Crippen molar-refractivity contribution >= 4 is 11.6 Å². The smallest absolute Gasteiger partial charge is 0.272 e. The molecule has 0 aliphatic rings. The highest BCUT2D eigenvalue weighted by atomic mass is 16.6. The van der Waals surface area contributed by atoms with Crippen LogP contribution in [0.1, 0.15) is 22.8 Å². The minimum absolute atomic E-state index is 0.00780. The monoisotopic (exact) mass is 237 g/mol. The summed E-state index contributed by atoms with van der Waals surface area (Å²) in [7, 11) is 0. The average Bonchev–Trinajstić information content (AvgIpc) is 2.28. The van der Waals surface area contributed by atoms with Crippen molar-refractivity contribution in [2.75, 3.05) is 6.54 Å². The summed E-state index contributed by atoms with van der Waals surface area (Å²) < 4.78 is 0. The van der Waals surface area contributed by atoms with E-state index in [9.17, 15) is 14.9 Å². The number of hydrogen-bond acceptors (Lipinski definition) is 4. The minimum Gasteiger partial charge on any atom is -0.348 e. The predicted octanol–water partition coefficient (Wildman–Crippen LogP) is 0.980. The lowest BCUT2D eigenvalue weighted by Gasteiger charge is -2.11. The Morgan fingerprint density at radius 1 is 1.59 bits per heavy atom. The van der Waals surface area contributed by atoms with Crippen molar-refractivity contribution in [2.45, 2.75) is 19.9 Å². The van der Waals surface area contributed by atoms with Crippen LogP contribution in [0, 0.1) is 17.0 Å². The maximum Gasteiger partial charge on any atom is 0.272 e. The second-order valence-corrected chi connectivity index (χ2v) is 3.87. The molecule has 0 bridgehead atoms. The first-order chi connectivity index (χ1) is 7.95. The normalized spacial score (nSPS) is 11.9. The van der Waals surface area contributed by atoms with Gasteiger partial charge in [-0.2, -0.15) is 0 Å². The van der Waals surface area contributed by atoms with Crippen molar-refractivity contribution in [1.82, 2.24) is 5.32 Å². The van der Waals surface area contributed by atoms with Crippen LogP contribution in [0.2, 0.25) is 0 Å². The lowest BCUT2D eigenvalue weighted by atomic mass is 10.1. The largest absolute Gasteiger partial charge is 0.348 e. The van der Waals surface area contributed by atoms with Crippen molar-refractivity contribution in [2.24, 2.45) is 5.73 Å². The first-order valence-electron chi connectivity index (χ1n) is 5.21. The number of carbonyl (C=O) groups is 1. The lowest BCUT2D eigenvalue weighted by Crippen LogP contribution is -2.37. The molecular weight excluding hydrogens is 222 g/mol. The van der Waals surface area contributed by atoms with Gasteiger partial charge >= 0.3 is 0 Å². The third-order valence-corrected chi connectivity index (χ3v) is 2.39. The summed E-state index contributed by atoms with van der Waals surface area (Å²) in [5.74, 6) is -0.277. The van der Waals surface area contributed by atoms with E-state index < -0.39 is 4.92 Å². The Hall–Kier alpha value is -1.95. The Bertz CT molecular complexity index is 446. The molecule has 0 fully saturated rings. The highest BCUT2D eigenvalue weighted by molar-refractivity contribution is 5.94. The molecule has 17 heavy (non-hydrogen) atoms. The minimum atomic E-state index is -0.473. The molecule has 0 radical (unpaired) electrons. The molecule has 1 aromatic carbocycles. The van der Waals surface area contributed by atoms with E-state index in [1.165, 1.54) is 18.2 Å². The number of nitrogens with two attached hydrogens (primary N) is 1. The molecule has 0 spiro atoms. The summed E-state index contributed by atoms with van der Waals surface area (Å²) in [5, 5.41) is 13.3. The maximum absolute atomic E-state index is 11.7. The van der Waals surface area contributed by atoms with Gasteiger partial charge in [0.2, 0.25) is 0 Å². The molecule has 0 aliphatic heterocycles. The number of aryl methyl sites for hydroxylation is 1. The van der Waals surface area contributed by atoms with Gasteiger partial charge in [0.25, 0.3) is 11.6 Å². The van der Waals surface area contributed by atoms with Crippen molar-refractivity contribution in [3.63, 3.8) is 0 Å². The van der Waals surface area contributed by atoms with Gasteiger partial charge in [-0.15, -0.1) is 0 Å². The van der Waals surface area contributed by atoms with Gasteiger partial charge in [-0.05, 0) is 26.0 Å².